The number of thiazole rings is 1. The van der Waals surface area contributed by atoms with E-state index in [1.165, 1.54) is 24.3 Å². The SMILES string of the molecule is CC.CC(=O)Nc1nccc2nc(-c3c(F)cccc3Cl)sc12. The van der Waals surface area contributed by atoms with E-state index in [-0.39, 0.29) is 11.5 Å². The molecule has 0 aliphatic carbocycles. The Bertz CT molecular complexity index is 830. The number of nitrogens with zero attached hydrogens (tertiary/aromatic N) is 2. The number of aromatic nitrogens is 2. The van der Waals surface area contributed by atoms with Crippen LogP contribution in [0.25, 0.3) is 20.8 Å². The van der Waals surface area contributed by atoms with Crippen molar-refractivity contribution in [2.45, 2.75) is 20.8 Å². The third-order valence-corrected chi connectivity index (χ3v) is 4.19. The molecule has 3 aromatic rings. The third-order valence-electron chi connectivity index (χ3n) is 2.78. The van der Waals surface area contributed by atoms with Gasteiger partial charge in [0.1, 0.15) is 10.8 Å². The molecular formula is C16H15ClFN3OS. The van der Waals surface area contributed by atoms with Crippen LogP contribution in [0.5, 0.6) is 0 Å². The average molecular weight is 352 g/mol. The van der Waals surface area contributed by atoms with Crippen LogP contribution in [0.2, 0.25) is 5.02 Å². The maximum Gasteiger partial charge on any atom is 0.222 e. The van der Waals surface area contributed by atoms with E-state index in [1.807, 2.05) is 13.8 Å². The number of amides is 1. The van der Waals surface area contributed by atoms with Gasteiger partial charge in [-0.3, -0.25) is 4.79 Å². The van der Waals surface area contributed by atoms with Crippen LogP contribution in [0.15, 0.2) is 30.5 Å². The molecule has 120 valence electrons. The quantitative estimate of drug-likeness (QED) is 0.695. The van der Waals surface area contributed by atoms with Crippen molar-refractivity contribution in [2.24, 2.45) is 0 Å². The van der Waals surface area contributed by atoms with Crippen LogP contribution in [0, 0.1) is 5.82 Å². The number of fused-ring (bicyclic) bond motifs is 1. The van der Waals surface area contributed by atoms with Gasteiger partial charge in [0.25, 0.3) is 0 Å². The van der Waals surface area contributed by atoms with E-state index >= 15 is 0 Å². The largest absolute Gasteiger partial charge is 0.310 e. The van der Waals surface area contributed by atoms with Gasteiger partial charge in [-0.05, 0) is 18.2 Å². The van der Waals surface area contributed by atoms with Crippen molar-refractivity contribution in [3.05, 3.63) is 41.3 Å². The molecule has 2 heterocycles. The fourth-order valence-corrected chi connectivity index (χ4v) is 3.29. The van der Waals surface area contributed by atoms with Gasteiger partial charge in [-0.15, -0.1) is 11.3 Å². The lowest BCUT2D eigenvalue weighted by molar-refractivity contribution is -0.114. The molecule has 23 heavy (non-hydrogen) atoms. The lowest BCUT2D eigenvalue weighted by Gasteiger charge is -2.01. The van der Waals surface area contributed by atoms with E-state index in [2.05, 4.69) is 15.3 Å². The molecule has 0 atom stereocenters. The van der Waals surface area contributed by atoms with Crippen molar-refractivity contribution in [1.82, 2.24) is 9.97 Å². The van der Waals surface area contributed by atoms with E-state index in [4.69, 9.17) is 11.6 Å². The van der Waals surface area contributed by atoms with Gasteiger partial charge in [-0.2, -0.15) is 0 Å². The molecule has 1 aromatic carbocycles. The van der Waals surface area contributed by atoms with Gasteiger partial charge in [-0.25, -0.2) is 14.4 Å². The maximum atomic E-state index is 14.0. The first-order valence-electron chi connectivity index (χ1n) is 7.04. The first-order chi connectivity index (χ1) is 11.1. The summed E-state index contributed by atoms with van der Waals surface area (Å²) in [6, 6.07) is 6.19. The second kappa shape index (κ2) is 7.48. The van der Waals surface area contributed by atoms with Gasteiger partial charge in [0.05, 0.1) is 20.8 Å². The first-order valence-corrected chi connectivity index (χ1v) is 8.23. The Morgan fingerprint density at radius 3 is 2.70 bits per heavy atom. The van der Waals surface area contributed by atoms with Crippen LogP contribution >= 0.6 is 22.9 Å². The number of nitrogens with one attached hydrogen (secondary N) is 1. The van der Waals surface area contributed by atoms with Crippen LogP contribution in [0.1, 0.15) is 20.8 Å². The summed E-state index contributed by atoms with van der Waals surface area (Å²) in [4.78, 5) is 19.7. The van der Waals surface area contributed by atoms with Gasteiger partial charge in [0, 0.05) is 13.1 Å². The monoisotopic (exact) mass is 351 g/mol. The summed E-state index contributed by atoms with van der Waals surface area (Å²) in [6.45, 7) is 5.40. The third kappa shape index (κ3) is 3.65. The van der Waals surface area contributed by atoms with Crippen molar-refractivity contribution in [3.8, 4) is 10.6 Å². The van der Waals surface area contributed by atoms with Gasteiger partial charge < -0.3 is 5.32 Å². The minimum absolute atomic E-state index is 0.228. The predicted octanol–water partition coefficient (Wildman–Crippen LogP) is 5.14. The number of pyridine rings is 1. The summed E-state index contributed by atoms with van der Waals surface area (Å²) >= 11 is 7.29. The molecular weight excluding hydrogens is 337 g/mol. The van der Waals surface area contributed by atoms with Gasteiger partial charge >= 0.3 is 0 Å². The molecule has 4 nitrogen and oxygen atoms in total. The van der Waals surface area contributed by atoms with E-state index < -0.39 is 5.82 Å². The molecule has 0 spiro atoms. The van der Waals surface area contributed by atoms with Crippen LogP contribution in [0.3, 0.4) is 0 Å². The minimum Gasteiger partial charge on any atom is -0.310 e. The Morgan fingerprint density at radius 1 is 1.30 bits per heavy atom. The van der Waals surface area contributed by atoms with Crippen LogP contribution < -0.4 is 5.32 Å². The zero-order chi connectivity index (χ0) is 17.0. The molecule has 0 bridgehead atoms. The standard InChI is InChI=1S/C14H9ClFN3OS.C2H6/c1-7(20)18-13-12-10(5-6-17-13)19-14(21-12)11-8(15)3-2-4-9(11)16;1-2/h2-6H,1H3,(H,17,18,20);1-2H3. The van der Waals surface area contributed by atoms with Gasteiger partial charge in [0.15, 0.2) is 5.82 Å². The summed E-state index contributed by atoms with van der Waals surface area (Å²) < 4.78 is 14.7. The highest BCUT2D eigenvalue weighted by molar-refractivity contribution is 7.22. The highest BCUT2D eigenvalue weighted by Gasteiger charge is 2.16. The Hall–Kier alpha value is -2.05. The number of carbonyl (C=O) groups excluding carboxylic acids is 1. The van der Waals surface area contributed by atoms with Crippen LogP contribution in [0.4, 0.5) is 10.2 Å². The second-order valence-electron chi connectivity index (χ2n) is 4.30. The van der Waals surface area contributed by atoms with Crippen molar-refractivity contribution in [1.29, 1.82) is 0 Å². The normalized spacial score (nSPS) is 10.1. The molecule has 0 unspecified atom stereocenters. The Morgan fingerprint density at radius 2 is 2.04 bits per heavy atom. The van der Waals surface area contributed by atoms with Crippen LogP contribution in [-0.2, 0) is 4.79 Å². The maximum absolute atomic E-state index is 14.0. The number of benzene rings is 1. The summed E-state index contributed by atoms with van der Waals surface area (Å²) in [5, 5.41) is 3.38. The predicted molar refractivity (Wildman–Crippen MR) is 93.5 cm³/mol. The number of hydrogen-bond donors (Lipinski definition) is 1. The molecule has 0 aliphatic rings. The van der Waals surface area contributed by atoms with E-state index in [0.29, 0.717) is 26.1 Å². The molecule has 0 aliphatic heterocycles. The van der Waals surface area contributed by atoms with Crippen molar-refractivity contribution in [2.75, 3.05) is 5.32 Å². The molecule has 7 heteroatoms. The molecule has 0 saturated heterocycles. The van der Waals surface area contributed by atoms with Gasteiger partial charge in [-0.1, -0.05) is 31.5 Å². The number of rotatable bonds is 2. The molecule has 0 fully saturated rings. The number of hydrogen-bond acceptors (Lipinski definition) is 4. The van der Waals surface area contributed by atoms with E-state index in [0.717, 1.165) is 0 Å². The number of halogens is 2. The highest BCUT2D eigenvalue weighted by Crippen LogP contribution is 2.37. The first kappa shape index (κ1) is 17.3. The smallest absolute Gasteiger partial charge is 0.222 e. The minimum atomic E-state index is -0.435. The van der Waals surface area contributed by atoms with Crippen molar-refractivity contribution < 1.29 is 9.18 Å². The summed E-state index contributed by atoms with van der Waals surface area (Å²) in [5.74, 6) is -0.249. The lowest BCUT2D eigenvalue weighted by atomic mass is 10.2. The fourth-order valence-electron chi connectivity index (χ4n) is 1.92. The molecule has 1 N–H and O–H groups in total. The molecule has 3 rings (SSSR count). The summed E-state index contributed by atoms with van der Waals surface area (Å²) in [5.41, 5.74) is 0.891. The fraction of sp³-hybridized carbons (Fsp3) is 0.188. The van der Waals surface area contributed by atoms with Crippen molar-refractivity contribution >= 4 is 44.9 Å². The van der Waals surface area contributed by atoms with Crippen LogP contribution in [-0.4, -0.2) is 15.9 Å². The Kier molecular flexibility index (Phi) is 5.63. The summed E-state index contributed by atoms with van der Waals surface area (Å²) in [6.07, 6.45) is 1.54. The number of anilines is 1. The molecule has 0 radical (unpaired) electrons. The van der Waals surface area contributed by atoms with Crippen molar-refractivity contribution in [3.63, 3.8) is 0 Å². The Labute approximate surface area is 142 Å². The summed E-state index contributed by atoms with van der Waals surface area (Å²) in [7, 11) is 0. The molecule has 1 amide bonds. The Balaban J connectivity index is 0.000000924. The second-order valence-corrected chi connectivity index (χ2v) is 5.71. The highest BCUT2D eigenvalue weighted by atomic mass is 35.5. The average Bonchev–Trinajstić information content (AvgIpc) is 2.93. The zero-order valence-corrected chi connectivity index (χ0v) is 14.4. The van der Waals surface area contributed by atoms with E-state index in [1.54, 1.807) is 24.4 Å². The topological polar surface area (TPSA) is 54.9 Å². The van der Waals surface area contributed by atoms with Gasteiger partial charge in [0.2, 0.25) is 5.91 Å². The lowest BCUT2D eigenvalue weighted by Crippen LogP contribution is -2.07. The molecule has 0 saturated carbocycles. The molecule has 2 aromatic heterocycles. The zero-order valence-electron chi connectivity index (χ0n) is 12.9. The number of carbonyl (C=O) groups is 1. The van der Waals surface area contributed by atoms with E-state index in [9.17, 15) is 9.18 Å².